The molecule has 0 amide bonds. The minimum Gasteiger partial charge on any atom is -0.435 e. The number of benzene rings is 1. The molecule has 0 N–H and O–H groups in total. The van der Waals surface area contributed by atoms with Gasteiger partial charge in [-0.15, -0.1) is 0 Å². The van der Waals surface area contributed by atoms with E-state index in [1.807, 2.05) is 49.9 Å². The summed E-state index contributed by atoms with van der Waals surface area (Å²) >= 11 is 0. The Hall–Kier alpha value is -3.08. The molecule has 0 fully saturated rings. The molecule has 4 heterocycles. The predicted octanol–water partition coefficient (Wildman–Crippen LogP) is 6.10. The molecule has 0 aliphatic carbocycles. The number of rotatable bonds is 1. The Balaban J connectivity index is 1.79. The van der Waals surface area contributed by atoms with E-state index in [0.717, 1.165) is 39.0 Å². The zero-order valence-electron chi connectivity index (χ0n) is 20.3. The van der Waals surface area contributed by atoms with Crippen molar-refractivity contribution < 1.29 is 8.53 Å². The van der Waals surface area contributed by atoms with Crippen LogP contribution in [0, 0.1) is 13.8 Å². The molecule has 1 unspecified atom stereocenters. The molecule has 0 radical (unpaired) electrons. The van der Waals surface area contributed by atoms with E-state index in [2.05, 4.69) is 27.0 Å². The number of fused-ring (bicyclic) bond motifs is 4. The zero-order valence-corrected chi connectivity index (χ0v) is 17.3. The van der Waals surface area contributed by atoms with Crippen LogP contribution in [0.25, 0.3) is 22.1 Å². The Bertz CT molecular complexity index is 1360. The highest BCUT2D eigenvalue weighted by Crippen LogP contribution is 2.49. The number of hydrogen-bond donors (Lipinski definition) is 0. The molecule has 148 valence electrons. The van der Waals surface area contributed by atoms with Crippen LogP contribution in [0.4, 0.5) is 17.2 Å². The van der Waals surface area contributed by atoms with E-state index in [-0.39, 0.29) is 6.17 Å². The number of pyridine rings is 2. The van der Waals surface area contributed by atoms with Crippen molar-refractivity contribution in [2.24, 2.45) is 0 Å². The minimum atomic E-state index is -2.20. The number of aryl methyl sites for hydroxylation is 2. The molecule has 0 bridgehead atoms. The maximum absolute atomic E-state index is 8.19. The van der Waals surface area contributed by atoms with Gasteiger partial charge in [-0.3, -0.25) is 0 Å². The molecule has 1 aliphatic rings. The molecular weight excluding hydrogens is 360 g/mol. The molecule has 1 atom stereocenters. The second-order valence-corrected chi connectivity index (χ2v) is 8.29. The first-order valence-corrected chi connectivity index (χ1v) is 9.85. The Morgan fingerprint density at radius 1 is 1.10 bits per heavy atom. The summed E-state index contributed by atoms with van der Waals surface area (Å²) < 4.78 is 30.9. The molecule has 5 nitrogen and oxygen atoms in total. The maximum Gasteiger partial charge on any atom is 0.227 e. The topological polar surface area (TPSA) is 45.4 Å². The summed E-state index contributed by atoms with van der Waals surface area (Å²) in [4.78, 5) is 13.2. The fourth-order valence-electron chi connectivity index (χ4n) is 4.49. The number of aromatic nitrogens is 2. The molecule has 29 heavy (non-hydrogen) atoms. The van der Waals surface area contributed by atoms with E-state index in [1.54, 1.807) is 20.0 Å². The molecule has 0 saturated heterocycles. The normalized spacial score (nSPS) is 18.8. The number of furan rings is 1. The van der Waals surface area contributed by atoms with Crippen molar-refractivity contribution in [2.75, 3.05) is 9.80 Å². The highest BCUT2D eigenvalue weighted by Gasteiger charge is 2.41. The monoisotopic (exact) mass is 389 g/mol. The van der Waals surface area contributed by atoms with E-state index in [4.69, 9.17) is 8.53 Å². The first-order chi connectivity index (χ1) is 15.0. The van der Waals surface area contributed by atoms with Gasteiger partial charge in [-0.2, -0.15) is 0 Å². The fourth-order valence-corrected chi connectivity index (χ4v) is 4.49. The van der Waals surface area contributed by atoms with Gasteiger partial charge in [0.25, 0.3) is 0 Å². The highest BCUT2D eigenvalue weighted by atomic mass is 16.3. The van der Waals surface area contributed by atoms with Crippen molar-refractivity contribution >= 4 is 39.3 Å². The van der Waals surface area contributed by atoms with Crippen molar-refractivity contribution in [2.45, 2.75) is 53.2 Å². The lowest BCUT2D eigenvalue weighted by molar-refractivity contribution is 0.464. The van der Waals surface area contributed by atoms with Crippen LogP contribution in [-0.4, -0.2) is 21.7 Å². The van der Waals surface area contributed by atoms with E-state index in [1.165, 1.54) is 0 Å². The lowest BCUT2D eigenvalue weighted by Crippen LogP contribution is -2.49. The van der Waals surface area contributed by atoms with E-state index < -0.39 is 12.4 Å². The summed E-state index contributed by atoms with van der Waals surface area (Å²) in [6.07, 6.45) is 1.42. The highest BCUT2D eigenvalue weighted by molar-refractivity contribution is 6.09. The average molecular weight is 390 g/mol. The molecule has 0 saturated carbocycles. The second-order valence-electron chi connectivity index (χ2n) is 8.29. The van der Waals surface area contributed by atoms with Crippen molar-refractivity contribution in [3.63, 3.8) is 0 Å². The van der Waals surface area contributed by atoms with E-state index in [0.29, 0.717) is 11.5 Å². The average Bonchev–Trinajstić information content (AvgIpc) is 3.21. The lowest BCUT2D eigenvalue weighted by Gasteiger charge is -2.39. The van der Waals surface area contributed by atoms with Crippen LogP contribution in [0.15, 0.2) is 47.0 Å². The van der Waals surface area contributed by atoms with Gasteiger partial charge in [0.15, 0.2) is 11.4 Å². The van der Waals surface area contributed by atoms with Gasteiger partial charge in [0, 0.05) is 32.3 Å². The molecule has 1 aliphatic heterocycles. The first-order valence-electron chi connectivity index (χ1n) is 11.4. The first kappa shape index (κ1) is 14.9. The fraction of sp³-hybridized carbons (Fsp3) is 0.333. The summed E-state index contributed by atoms with van der Waals surface area (Å²) in [6, 6.07) is 12.0. The van der Waals surface area contributed by atoms with Gasteiger partial charge in [0.2, 0.25) is 5.71 Å². The third-order valence-electron chi connectivity index (χ3n) is 5.67. The van der Waals surface area contributed by atoms with E-state index >= 15 is 0 Å². The molecule has 1 aromatic carbocycles. The van der Waals surface area contributed by atoms with Crippen LogP contribution in [0.2, 0.25) is 0 Å². The minimum absolute atomic E-state index is 0.289. The summed E-state index contributed by atoms with van der Waals surface area (Å²) in [5.74, 6) is 0.655. The summed E-state index contributed by atoms with van der Waals surface area (Å²) in [6.45, 7) is 7.30. The molecule has 0 spiro atoms. The number of nitrogens with zero attached hydrogens (tertiary/aromatic N) is 4. The Kier molecular flexibility index (Phi) is 3.05. The predicted molar refractivity (Wildman–Crippen MR) is 119 cm³/mol. The van der Waals surface area contributed by atoms with Crippen LogP contribution in [0.1, 0.15) is 43.0 Å². The molecule has 5 rings (SSSR count). The summed E-state index contributed by atoms with van der Waals surface area (Å²) in [5, 5.41) is 1.95. The van der Waals surface area contributed by atoms with E-state index in [9.17, 15) is 0 Å². The van der Waals surface area contributed by atoms with Crippen molar-refractivity contribution in [1.82, 2.24) is 9.97 Å². The van der Waals surface area contributed by atoms with Gasteiger partial charge in [-0.1, -0.05) is 12.1 Å². The van der Waals surface area contributed by atoms with Gasteiger partial charge < -0.3 is 14.2 Å². The lowest BCUT2D eigenvalue weighted by atomic mass is 10.1. The standard InChI is InChI=1S/C24H26N4O/c1-14-9-11-17-18-12-10-15(2)26-23(18)29-21(17)20(14)27-16(3)28(24(4,5)6)22-19(27)8-7-13-25-22/h7-13,16H,1-6H3/i4D3. The SMILES string of the molecule is [2H]C([2H])([2H])C(C)(C)N1c2ncccc2N(c2c(C)ccc3c2oc2nc(C)ccc23)C1C. The molecule has 3 aromatic heterocycles. The Morgan fingerprint density at radius 3 is 2.69 bits per heavy atom. The van der Waals surface area contributed by atoms with Crippen LogP contribution in [0.3, 0.4) is 0 Å². The van der Waals surface area contributed by atoms with Crippen molar-refractivity contribution in [1.29, 1.82) is 0 Å². The summed E-state index contributed by atoms with van der Waals surface area (Å²) in [5.41, 5.74) is 3.91. The molecule has 5 heteroatoms. The van der Waals surface area contributed by atoms with Crippen LogP contribution >= 0.6 is 0 Å². The third kappa shape index (κ3) is 2.53. The van der Waals surface area contributed by atoms with Gasteiger partial charge in [-0.05, 0) is 71.3 Å². The Labute approximate surface area is 175 Å². The second kappa shape index (κ2) is 5.96. The largest absolute Gasteiger partial charge is 0.435 e. The van der Waals surface area contributed by atoms with Gasteiger partial charge in [0.1, 0.15) is 6.17 Å². The van der Waals surface area contributed by atoms with Crippen molar-refractivity contribution in [3.05, 3.63) is 53.9 Å². The zero-order chi connectivity index (χ0) is 23.0. The maximum atomic E-state index is 8.19. The number of anilines is 3. The summed E-state index contributed by atoms with van der Waals surface area (Å²) in [7, 11) is 0. The Morgan fingerprint density at radius 2 is 1.90 bits per heavy atom. The van der Waals surface area contributed by atoms with Gasteiger partial charge in [-0.25, -0.2) is 9.97 Å². The van der Waals surface area contributed by atoms with Gasteiger partial charge in [0.05, 0.1) is 11.4 Å². The number of hydrogen-bond acceptors (Lipinski definition) is 5. The molecular formula is C24H26N4O. The smallest absolute Gasteiger partial charge is 0.227 e. The molecule has 4 aromatic rings. The van der Waals surface area contributed by atoms with Crippen LogP contribution in [-0.2, 0) is 0 Å². The van der Waals surface area contributed by atoms with Crippen LogP contribution < -0.4 is 9.80 Å². The van der Waals surface area contributed by atoms with Crippen LogP contribution in [0.5, 0.6) is 0 Å². The quantitative estimate of drug-likeness (QED) is 0.394. The third-order valence-corrected chi connectivity index (χ3v) is 5.67. The van der Waals surface area contributed by atoms with Crippen molar-refractivity contribution in [3.8, 4) is 0 Å². The van der Waals surface area contributed by atoms with Gasteiger partial charge >= 0.3 is 0 Å².